The van der Waals surface area contributed by atoms with Gasteiger partial charge in [-0.2, -0.15) is 11.3 Å². The number of amides is 1. The molecule has 0 saturated carbocycles. The SMILES string of the molecule is COC(=O)Nc1nc2cc(Sc3ccc(-c4ccsc4)cc3)ccc2[nH]1. The Hall–Kier alpha value is -2.77. The molecule has 0 atom stereocenters. The molecule has 2 aromatic heterocycles. The van der Waals surface area contributed by atoms with Gasteiger partial charge in [0.05, 0.1) is 18.1 Å². The average molecular weight is 381 g/mol. The van der Waals surface area contributed by atoms with E-state index in [0.717, 1.165) is 20.8 Å². The number of thiophene rings is 1. The van der Waals surface area contributed by atoms with Crippen molar-refractivity contribution in [1.29, 1.82) is 0 Å². The first-order chi connectivity index (χ1) is 12.7. The molecule has 130 valence electrons. The number of carbonyl (C=O) groups is 1. The van der Waals surface area contributed by atoms with Gasteiger partial charge in [-0.3, -0.25) is 5.32 Å². The lowest BCUT2D eigenvalue weighted by Crippen LogP contribution is -2.11. The van der Waals surface area contributed by atoms with Crippen molar-refractivity contribution in [2.24, 2.45) is 0 Å². The van der Waals surface area contributed by atoms with Crippen LogP contribution in [-0.2, 0) is 4.74 Å². The fourth-order valence-electron chi connectivity index (χ4n) is 2.54. The number of fused-ring (bicyclic) bond motifs is 1. The molecule has 2 N–H and O–H groups in total. The van der Waals surface area contributed by atoms with Crippen LogP contribution < -0.4 is 5.32 Å². The number of imidazole rings is 1. The number of aromatic amines is 1. The van der Waals surface area contributed by atoms with Gasteiger partial charge in [0.2, 0.25) is 5.95 Å². The van der Waals surface area contributed by atoms with E-state index in [1.165, 1.54) is 18.2 Å². The summed E-state index contributed by atoms with van der Waals surface area (Å²) in [7, 11) is 1.32. The fraction of sp³-hybridized carbons (Fsp3) is 0.0526. The summed E-state index contributed by atoms with van der Waals surface area (Å²) in [5, 5.41) is 6.77. The Balaban J connectivity index is 1.52. The molecule has 0 fully saturated rings. The largest absolute Gasteiger partial charge is 0.453 e. The van der Waals surface area contributed by atoms with E-state index < -0.39 is 6.09 Å². The van der Waals surface area contributed by atoms with Gasteiger partial charge in [-0.25, -0.2) is 9.78 Å². The van der Waals surface area contributed by atoms with E-state index in [1.807, 2.05) is 18.2 Å². The number of nitrogens with zero attached hydrogens (tertiary/aromatic N) is 1. The van der Waals surface area contributed by atoms with Crippen molar-refractivity contribution in [3.63, 3.8) is 0 Å². The van der Waals surface area contributed by atoms with Crippen molar-refractivity contribution in [2.45, 2.75) is 9.79 Å². The lowest BCUT2D eigenvalue weighted by Gasteiger charge is -2.03. The predicted octanol–water partition coefficient (Wildman–Crippen LogP) is 5.62. The predicted molar refractivity (Wildman–Crippen MR) is 106 cm³/mol. The van der Waals surface area contributed by atoms with Gasteiger partial charge in [0.15, 0.2) is 0 Å². The molecule has 2 aromatic carbocycles. The molecule has 0 saturated heterocycles. The zero-order valence-electron chi connectivity index (χ0n) is 13.9. The van der Waals surface area contributed by atoms with Crippen molar-refractivity contribution in [3.05, 3.63) is 59.3 Å². The summed E-state index contributed by atoms with van der Waals surface area (Å²) in [6.07, 6.45) is -0.552. The Morgan fingerprint density at radius 3 is 2.65 bits per heavy atom. The van der Waals surface area contributed by atoms with Crippen LogP contribution in [0.2, 0.25) is 0 Å². The first-order valence-corrected chi connectivity index (χ1v) is 9.62. The number of rotatable bonds is 4. The third kappa shape index (κ3) is 3.58. The molecular weight excluding hydrogens is 366 g/mol. The maximum Gasteiger partial charge on any atom is 0.413 e. The van der Waals surface area contributed by atoms with E-state index in [1.54, 1.807) is 23.1 Å². The van der Waals surface area contributed by atoms with Gasteiger partial charge in [0, 0.05) is 9.79 Å². The molecule has 0 spiro atoms. The van der Waals surface area contributed by atoms with Crippen molar-refractivity contribution >= 4 is 46.2 Å². The van der Waals surface area contributed by atoms with Gasteiger partial charge in [-0.15, -0.1) is 0 Å². The minimum absolute atomic E-state index is 0.370. The van der Waals surface area contributed by atoms with Gasteiger partial charge in [0.1, 0.15) is 0 Å². The highest BCUT2D eigenvalue weighted by Crippen LogP contribution is 2.32. The van der Waals surface area contributed by atoms with Crippen LogP contribution in [0.4, 0.5) is 10.7 Å². The minimum atomic E-state index is -0.552. The number of methoxy groups -OCH3 is 1. The average Bonchev–Trinajstić information content (AvgIpc) is 3.31. The van der Waals surface area contributed by atoms with Crippen LogP contribution >= 0.6 is 23.1 Å². The maximum absolute atomic E-state index is 11.3. The summed E-state index contributed by atoms with van der Waals surface area (Å²) in [6, 6.07) is 16.6. The highest BCUT2D eigenvalue weighted by atomic mass is 32.2. The van der Waals surface area contributed by atoms with Crippen LogP contribution in [0.3, 0.4) is 0 Å². The zero-order valence-corrected chi connectivity index (χ0v) is 15.5. The van der Waals surface area contributed by atoms with Crippen LogP contribution in [0.15, 0.2) is 69.1 Å². The Labute approximate surface area is 158 Å². The van der Waals surface area contributed by atoms with E-state index in [2.05, 4.69) is 61.1 Å². The Morgan fingerprint density at radius 1 is 1.12 bits per heavy atom. The number of aromatic nitrogens is 2. The molecule has 0 radical (unpaired) electrons. The van der Waals surface area contributed by atoms with Crippen LogP contribution in [0.25, 0.3) is 22.2 Å². The van der Waals surface area contributed by atoms with Crippen LogP contribution in [-0.4, -0.2) is 23.2 Å². The second-order valence-electron chi connectivity index (χ2n) is 5.52. The summed E-state index contributed by atoms with van der Waals surface area (Å²) in [5.41, 5.74) is 4.11. The van der Waals surface area contributed by atoms with Gasteiger partial charge in [0.25, 0.3) is 0 Å². The summed E-state index contributed by atoms with van der Waals surface area (Å²) >= 11 is 3.37. The number of H-pyrrole nitrogens is 1. The standard InChI is InChI=1S/C19H15N3O2S2/c1-24-19(23)22-18-20-16-7-6-15(10-17(16)21-18)26-14-4-2-12(3-5-14)13-8-9-25-11-13/h2-11H,1H3,(H2,20,21,22,23). The molecule has 4 rings (SSSR count). The second-order valence-corrected chi connectivity index (χ2v) is 7.45. The van der Waals surface area contributed by atoms with E-state index in [4.69, 9.17) is 0 Å². The number of anilines is 1. The van der Waals surface area contributed by atoms with Crippen molar-refractivity contribution in [2.75, 3.05) is 12.4 Å². The summed E-state index contributed by atoms with van der Waals surface area (Å²) in [4.78, 5) is 20.9. The zero-order chi connectivity index (χ0) is 17.9. The highest BCUT2D eigenvalue weighted by molar-refractivity contribution is 7.99. The number of hydrogen-bond acceptors (Lipinski definition) is 5. The molecule has 0 bridgehead atoms. The molecule has 0 aliphatic rings. The van der Waals surface area contributed by atoms with Crippen molar-refractivity contribution < 1.29 is 9.53 Å². The normalized spacial score (nSPS) is 10.8. The second kappa shape index (κ2) is 7.23. The molecule has 7 heteroatoms. The van der Waals surface area contributed by atoms with Crippen molar-refractivity contribution in [3.8, 4) is 11.1 Å². The first kappa shape index (κ1) is 16.7. The number of carbonyl (C=O) groups excluding carboxylic acids is 1. The van der Waals surface area contributed by atoms with Gasteiger partial charge in [-0.1, -0.05) is 23.9 Å². The number of nitrogens with one attached hydrogen (secondary N) is 2. The van der Waals surface area contributed by atoms with Gasteiger partial charge in [-0.05, 0) is 58.3 Å². The van der Waals surface area contributed by atoms with Gasteiger partial charge >= 0.3 is 6.09 Å². The number of benzene rings is 2. The molecule has 4 aromatic rings. The third-order valence-corrected chi connectivity index (χ3v) is 5.49. The lowest BCUT2D eigenvalue weighted by atomic mass is 10.1. The Morgan fingerprint density at radius 2 is 1.92 bits per heavy atom. The summed E-state index contributed by atoms with van der Waals surface area (Å²) in [6.45, 7) is 0. The Kier molecular flexibility index (Phi) is 4.64. The van der Waals surface area contributed by atoms with E-state index in [-0.39, 0.29) is 0 Å². The maximum atomic E-state index is 11.3. The molecular formula is C19H15N3O2S2. The molecule has 0 aliphatic carbocycles. The lowest BCUT2D eigenvalue weighted by molar-refractivity contribution is 0.186. The fourth-order valence-corrected chi connectivity index (χ4v) is 4.05. The summed E-state index contributed by atoms with van der Waals surface area (Å²) < 4.78 is 4.58. The molecule has 1 amide bonds. The van der Waals surface area contributed by atoms with Crippen LogP contribution in [0.5, 0.6) is 0 Å². The third-order valence-electron chi connectivity index (χ3n) is 3.80. The highest BCUT2D eigenvalue weighted by Gasteiger charge is 2.08. The Bertz CT molecular complexity index is 1040. The van der Waals surface area contributed by atoms with Crippen molar-refractivity contribution in [1.82, 2.24) is 9.97 Å². The molecule has 0 aliphatic heterocycles. The molecule has 5 nitrogen and oxygen atoms in total. The van der Waals surface area contributed by atoms with E-state index in [9.17, 15) is 4.79 Å². The van der Waals surface area contributed by atoms with Crippen LogP contribution in [0, 0.1) is 0 Å². The monoisotopic (exact) mass is 381 g/mol. The topological polar surface area (TPSA) is 67.0 Å². The number of hydrogen-bond donors (Lipinski definition) is 2. The van der Waals surface area contributed by atoms with E-state index in [0.29, 0.717) is 5.95 Å². The number of ether oxygens (including phenoxy) is 1. The minimum Gasteiger partial charge on any atom is -0.453 e. The molecule has 0 unspecified atom stereocenters. The smallest absolute Gasteiger partial charge is 0.413 e. The first-order valence-electron chi connectivity index (χ1n) is 7.86. The molecule has 2 heterocycles. The quantitative estimate of drug-likeness (QED) is 0.481. The van der Waals surface area contributed by atoms with E-state index >= 15 is 0 Å². The molecule has 26 heavy (non-hydrogen) atoms. The van der Waals surface area contributed by atoms with Crippen LogP contribution in [0.1, 0.15) is 0 Å². The van der Waals surface area contributed by atoms with Gasteiger partial charge < -0.3 is 9.72 Å². The summed E-state index contributed by atoms with van der Waals surface area (Å²) in [5.74, 6) is 0.370.